The second kappa shape index (κ2) is 5.73. The van der Waals surface area contributed by atoms with E-state index < -0.39 is 9.84 Å². The summed E-state index contributed by atoms with van der Waals surface area (Å²) in [5.74, 6) is 0.0380. The summed E-state index contributed by atoms with van der Waals surface area (Å²) in [6.45, 7) is 1.61. The van der Waals surface area contributed by atoms with Crippen molar-refractivity contribution in [1.82, 2.24) is 0 Å². The third-order valence-corrected chi connectivity index (χ3v) is 4.98. The number of hydrogen-bond acceptors (Lipinski definition) is 4. The second-order valence-corrected chi connectivity index (χ2v) is 6.92. The van der Waals surface area contributed by atoms with Crippen LogP contribution in [0.5, 0.6) is 0 Å². The maximum Gasteiger partial charge on any atom is 0.180 e. The first-order chi connectivity index (χ1) is 9.44. The first kappa shape index (κ1) is 14.7. The fourth-order valence-corrected chi connectivity index (χ4v) is 3.00. The minimum absolute atomic E-state index is 0.0380. The van der Waals surface area contributed by atoms with Crippen LogP contribution in [0, 0.1) is 0 Å². The zero-order valence-electron chi connectivity index (χ0n) is 10.9. The van der Waals surface area contributed by atoms with Gasteiger partial charge in [-0.1, -0.05) is 30.7 Å². The van der Waals surface area contributed by atoms with E-state index in [1.54, 1.807) is 49.4 Å². The standard InChI is InChI=1S/C14H15ClN2O2S/c1-2-20(18,19)14-6-4-3-5-12(14)17-13-9-10(16)7-8-11(13)15/h3-9,17H,2,16H2,1H3. The third-order valence-electron chi connectivity index (χ3n) is 2.86. The van der Waals surface area contributed by atoms with Gasteiger partial charge in [-0.3, -0.25) is 0 Å². The largest absolute Gasteiger partial charge is 0.399 e. The Bertz CT molecular complexity index is 730. The highest BCUT2D eigenvalue weighted by molar-refractivity contribution is 7.91. The highest BCUT2D eigenvalue weighted by atomic mass is 35.5. The Kier molecular flexibility index (Phi) is 4.20. The predicted octanol–water partition coefficient (Wildman–Crippen LogP) is 3.46. The molecule has 0 fully saturated rings. The number of sulfone groups is 1. The molecule has 0 saturated heterocycles. The van der Waals surface area contributed by atoms with Crippen LogP contribution in [0.2, 0.25) is 5.02 Å². The Morgan fingerprint density at radius 3 is 2.55 bits per heavy atom. The molecule has 2 aromatic carbocycles. The van der Waals surface area contributed by atoms with E-state index in [4.69, 9.17) is 17.3 Å². The average Bonchev–Trinajstić information content (AvgIpc) is 2.43. The van der Waals surface area contributed by atoms with Crippen molar-refractivity contribution < 1.29 is 8.42 Å². The third kappa shape index (κ3) is 3.05. The maximum absolute atomic E-state index is 12.1. The van der Waals surface area contributed by atoms with Crippen LogP contribution in [0.3, 0.4) is 0 Å². The smallest absolute Gasteiger partial charge is 0.180 e. The number of rotatable bonds is 4. The first-order valence-corrected chi connectivity index (χ1v) is 8.11. The van der Waals surface area contributed by atoms with Gasteiger partial charge < -0.3 is 11.1 Å². The molecule has 2 rings (SSSR count). The molecule has 0 saturated carbocycles. The lowest BCUT2D eigenvalue weighted by molar-refractivity contribution is 0.597. The number of para-hydroxylation sites is 1. The molecule has 3 N–H and O–H groups in total. The number of nitrogen functional groups attached to an aromatic ring is 1. The van der Waals surface area contributed by atoms with Crippen molar-refractivity contribution in [3.05, 3.63) is 47.5 Å². The molecule has 0 amide bonds. The summed E-state index contributed by atoms with van der Waals surface area (Å²) >= 11 is 6.08. The Balaban J connectivity index is 2.47. The molecule has 0 aliphatic carbocycles. The molecule has 0 aromatic heterocycles. The van der Waals surface area contributed by atoms with Crippen molar-refractivity contribution >= 4 is 38.5 Å². The minimum Gasteiger partial charge on any atom is -0.399 e. The van der Waals surface area contributed by atoms with Gasteiger partial charge in [0.25, 0.3) is 0 Å². The van der Waals surface area contributed by atoms with Crippen LogP contribution in [0.4, 0.5) is 17.1 Å². The number of nitrogens with one attached hydrogen (secondary N) is 1. The SMILES string of the molecule is CCS(=O)(=O)c1ccccc1Nc1cc(N)ccc1Cl. The molecule has 0 bridgehead atoms. The lowest BCUT2D eigenvalue weighted by Gasteiger charge is -2.13. The second-order valence-electron chi connectivity index (χ2n) is 4.26. The summed E-state index contributed by atoms with van der Waals surface area (Å²) in [7, 11) is -3.31. The summed E-state index contributed by atoms with van der Waals surface area (Å²) in [6, 6.07) is 11.7. The van der Waals surface area contributed by atoms with E-state index in [1.165, 1.54) is 0 Å². The van der Waals surface area contributed by atoms with Crippen LogP contribution in [-0.2, 0) is 9.84 Å². The van der Waals surface area contributed by atoms with Crippen molar-refractivity contribution in [1.29, 1.82) is 0 Å². The van der Waals surface area contributed by atoms with E-state index in [9.17, 15) is 8.42 Å². The average molecular weight is 311 g/mol. The van der Waals surface area contributed by atoms with Crippen molar-refractivity contribution in [2.24, 2.45) is 0 Å². The fraction of sp³-hybridized carbons (Fsp3) is 0.143. The van der Waals surface area contributed by atoms with Gasteiger partial charge in [-0.05, 0) is 30.3 Å². The molecule has 4 nitrogen and oxygen atoms in total. The van der Waals surface area contributed by atoms with Crippen LogP contribution < -0.4 is 11.1 Å². The molecule has 0 heterocycles. The van der Waals surface area contributed by atoms with E-state index in [-0.39, 0.29) is 10.6 Å². The van der Waals surface area contributed by atoms with Crippen molar-refractivity contribution in [2.75, 3.05) is 16.8 Å². The summed E-state index contributed by atoms with van der Waals surface area (Å²) in [6.07, 6.45) is 0. The molecule has 2 aromatic rings. The Hall–Kier alpha value is -1.72. The molecule has 0 aliphatic rings. The van der Waals surface area contributed by atoms with Gasteiger partial charge in [0.15, 0.2) is 9.84 Å². The van der Waals surface area contributed by atoms with E-state index >= 15 is 0 Å². The van der Waals surface area contributed by atoms with Crippen LogP contribution in [0.1, 0.15) is 6.92 Å². The van der Waals surface area contributed by atoms with Gasteiger partial charge in [0.1, 0.15) is 0 Å². The van der Waals surface area contributed by atoms with Crippen molar-refractivity contribution in [3.8, 4) is 0 Å². The van der Waals surface area contributed by atoms with E-state index in [0.717, 1.165) is 0 Å². The van der Waals surface area contributed by atoms with Crippen molar-refractivity contribution in [2.45, 2.75) is 11.8 Å². The predicted molar refractivity (Wildman–Crippen MR) is 83.3 cm³/mol. The van der Waals surface area contributed by atoms with E-state index in [2.05, 4.69) is 5.32 Å². The van der Waals surface area contributed by atoms with E-state index in [1.807, 2.05) is 0 Å². The number of halogens is 1. The van der Waals surface area contributed by atoms with Crippen LogP contribution in [0.25, 0.3) is 0 Å². The van der Waals surface area contributed by atoms with Crippen LogP contribution in [-0.4, -0.2) is 14.2 Å². The number of anilines is 3. The summed E-state index contributed by atoms with van der Waals surface area (Å²) in [4.78, 5) is 0.251. The van der Waals surface area contributed by atoms with Crippen LogP contribution >= 0.6 is 11.6 Å². The highest BCUT2D eigenvalue weighted by Crippen LogP contribution is 2.30. The molecule has 0 aliphatic heterocycles. The molecule has 20 heavy (non-hydrogen) atoms. The summed E-state index contributed by atoms with van der Waals surface area (Å²) in [5, 5.41) is 3.51. The Morgan fingerprint density at radius 1 is 1.15 bits per heavy atom. The molecule has 0 radical (unpaired) electrons. The molecule has 6 heteroatoms. The molecule has 106 valence electrons. The molecule has 0 spiro atoms. The topological polar surface area (TPSA) is 72.2 Å². The van der Waals surface area contributed by atoms with Gasteiger partial charge in [0.05, 0.1) is 27.0 Å². The van der Waals surface area contributed by atoms with Gasteiger partial charge >= 0.3 is 0 Å². The molecule has 0 unspecified atom stereocenters. The zero-order chi connectivity index (χ0) is 14.8. The van der Waals surface area contributed by atoms with Crippen LogP contribution in [0.15, 0.2) is 47.4 Å². The summed E-state index contributed by atoms with van der Waals surface area (Å²) in [5.41, 5.74) is 7.33. The summed E-state index contributed by atoms with van der Waals surface area (Å²) < 4.78 is 24.1. The molecular weight excluding hydrogens is 296 g/mol. The Labute approximate surface area is 123 Å². The maximum atomic E-state index is 12.1. The van der Waals surface area contributed by atoms with Crippen molar-refractivity contribution in [3.63, 3.8) is 0 Å². The lowest BCUT2D eigenvalue weighted by Crippen LogP contribution is -2.07. The van der Waals surface area contributed by atoms with Gasteiger partial charge in [-0.25, -0.2) is 8.42 Å². The fourth-order valence-electron chi connectivity index (χ4n) is 1.78. The van der Waals surface area contributed by atoms with E-state index in [0.29, 0.717) is 22.1 Å². The molecule has 0 atom stereocenters. The first-order valence-electron chi connectivity index (χ1n) is 6.08. The molecular formula is C14H15ClN2O2S. The minimum atomic E-state index is -3.31. The van der Waals surface area contributed by atoms with Gasteiger partial charge in [0.2, 0.25) is 0 Å². The van der Waals surface area contributed by atoms with Gasteiger partial charge in [0, 0.05) is 5.69 Å². The number of hydrogen-bond donors (Lipinski definition) is 2. The van der Waals surface area contributed by atoms with Gasteiger partial charge in [-0.2, -0.15) is 0 Å². The number of nitrogens with two attached hydrogens (primary N) is 1. The van der Waals surface area contributed by atoms with Gasteiger partial charge in [-0.15, -0.1) is 0 Å². The zero-order valence-corrected chi connectivity index (χ0v) is 12.5. The quantitative estimate of drug-likeness (QED) is 0.848. The number of benzene rings is 2. The monoisotopic (exact) mass is 310 g/mol. The highest BCUT2D eigenvalue weighted by Gasteiger charge is 2.16. The lowest BCUT2D eigenvalue weighted by atomic mass is 10.2. The Morgan fingerprint density at radius 2 is 1.85 bits per heavy atom. The normalized spacial score (nSPS) is 11.3.